The van der Waals surface area contributed by atoms with Crippen LogP contribution in [0.2, 0.25) is 0 Å². The van der Waals surface area contributed by atoms with Gasteiger partial charge in [-0.25, -0.2) is 4.79 Å². The average molecular weight is 332 g/mol. The topological polar surface area (TPSA) is 80.6 Å². The number of carbonyl (C=O) groups is 2. The third kappa shape index (κ3) is 5.30. The van der Waals surface area contributed by atoms with Crippen molar-refractivity contribution >= 4 is 23.0 Å². The number of fused-ring (bicyclic) bond motifs is 1. The van der Waals surface area contributed by atoms with Gasteiger partial charge in [-0.2, -0.15) is 0 Å². The number of furan rings is 1. The molecule has 6 nitrogen and oxygen atoms in total. The number of para-hydroxylation sites is 1. The lowest BCUT2D eigenvalue weighted by Crippen LogP contribution is -2.35. The van der Waals surface area contributed by atoms with E-state index in [9.17, 15) is 9.59 Å². The summed E-state index contributed by atoms with van der Waals surface area (Å²) in [6.45, 7) is 7.43. The van der Waals surface area contributed by atoms with Crippen LogP contribution in [0.3, 0.4) is 0 Å². The van der Waals surface area contributed by atoms with Gasteiger partial charge in [-0.15, -0.1) is 0 Å². The van der Waals surface area contributed by atoms with Crippen molar-refractivity contribution in [1.82, 2.24) is 10.6 Å². The number of hydrogen-bond donors (Lipinski definition) is 2. The molecular weight excluding hydrogens is 308 g/mol. The standard InChI is InChI=1S/C18H24N2O4/c1-12(15-11-13-7-5-6-8-14(13)23-15)20-16(21)9-10-19-17(22)24-18(2,3)4/h5-8,11-12H,9-10H2,1-4H3,(H,19,22)(H,20,21). The molecule has 0 saturated heterocycles. The molecule has 0 spiro atoms. The van der Waals surface area contributed by atoms with E-state index in [1.165, 1.54) is 0 Å². The number of alkyl carbamates (subject to hydrolysis) is 1. The van der Waals surface area contributed by atoms with E-state index in [2.05, 4.69) is 10.6 Å². The summed E-state index contributed by atoms with van der Waals surface area (Å²) in [5.74, 6) is 0.531. The Kier molecular flexibility index (Phi) is 5.49. The molecule has 2 amide bonds. The van der Waals surface area contributed by atoms with Gasteiger partial charge in [-0.1, -0.05) is 18.2 Å². The van der Waals surface area contributed by atoms with Crippen LogP contribution in [0.5, 0.6) is 0 Å². The van der Waals surface area contributed by atoms with E-state index < -0.39 is 11.7 Å². The maximum atomic E-state index is 12.0. The monoisotopic (exact) mass is 332 g/mol. The fourth-order valence-corrected chi connectivity index (χ4v) is 2.19. The highest BCUT2D eigenvalue weighted by Gasteiger charge is 2.17. The first-order valence-electron chi connectivity index (χ1n) is 7.99. The first-order chi connectivity index (χ1) is 11.2. The van der Waals surface area contributed by atoms with Crippen LogP contribution < -0.4 is 10.6 Å². The lowest BCUT2D eigenvalue weighted by atomic mass is 10.2. The van der Waals surface area contributed by atoms with Gasteiger partial charge in [0.2, 0.25) is 5.91 Å². The molecule has 6 heteroatoms. The van der Waals surface area contributed by atoms with Gasteiger partial charge in [-0.3, -0.25) is 4.79 Å². The molecule has 1 aromatic heterocycles. The maximum Gasteiger partial charge on any atom is 0.407 e. The molecule has 2 rings (SSSR count). The number of amides is 2. The van der Waals surface area contributed by atoms with E-state index in [0.29, 0.717) is 5.76 Å². The molecule has 0 fully saturated rings. The van der Waals surface area contributed by atoms with Gasteiger partial charge in [-0.05, 0) is 39.8 Å². The Morgan fingerprint density at radius 3 is 2.62 bits per heavy atom. The predicted molar refractivity (Wildman–Crippen MR) is 91.6 cm³/mol. The number of nitrogens with one attached hydrogen (secondary N) is 2. The third-order valence-corrected chi connectivity index (χ3v) is 3.27. The highest BCUT2D eigenvalue weighted by Crippen LogP contribution is 2.23. The maximum absolute atomic E-state index is 12.0. The van der Waals surface area contributed by atoms with Crippen LogP contribution in [0.4, 0.5) is 4.79 Å². The minimum atomic E-state index is -0.553. The molecule has 1 heterocycles. The van der Waals surface area contributed by atoms with Crippen LogP contribution in [0, 0.1) is 0 Å². The van der Waals surface area contributed by atoms with E-state index in [-0.39, 0.29) is 24.9 Å². The second kappa shape index (κ2) is 7.38. The Balaban J connectivity index is 1.78. The molecule has 1 aromatic carbocycles. The quantitative estimate of drug-likeness (QED) is 0.878. The van der Waals surface area contributed by atoms with Gasteiger partial charge in [0.05, 0.1) is 6.04 Å². The van der Waals surface area contributed by atoms with Crippen molar-refractivity contribution in [3.05, 3.63) is 36.1 Å². The number of rotatable bonds is 5. The van der Waals surface area contributed by atoms with Crippen molar-refractivity contribution in [2.75, 3.05) is 6.54 Å². The zero-order valence-electron chi connectivity index (χ0n) is 14.5. The van der Waals surface area contributed by atoms with Crippen molar-refractivity contribution < 1.29 is 18.7 Å². The molecule has 0 aliphatic rings. The SMILES string of the molecule is CC(NC(=O)CCNC(=O)OC(C)(C)C)c1cc2ccccc2o1. The van der Waals surface area contributed by atoms with Gasteiger partial charge in [0.15, 0.2) is 0 Å². The van der Waals surface area contributed by atoms with Crippen molar-refractivity contribution in [2.45, 2.75) is 45.8 Å². The Hall–Kier alpha value is -2.50. The van der Waals surface area contributed by atoms with Gasteiger partial charge in [0, 0.05) is 18.4 Å². The normalized spacial score (nSPS) is 12.7. The molecule has 1 unspecified atom stereocenters. The van der Waals surface area contributed by atoms with Crippen LogP contribution in [0.25, 0.3) is 11.0 Å². The Bertz CT molecular complexity index is 682. The molecule has 1 atom stereocenters. The summed E-state index contributed by atoms with van der Waals surface area (Å²) in [6, 6.07) is 9.36. The first-order valence-corrected chi connectivity index (χ1v) is 7.99. The lowest BCUT2D eigenvalue weighted by molar-refractivity contribution is -0.121. The van der Waals surface area contributed by atoms with Crippen LogP contribution in [0.15, 0.2) is 34.7 Å². The molecule has 2 aromatic rings. The van der Waals surface area contributed by atoms with Crippen LogP contribution >= 0.6 is 0 Å². The minimum absolute atomic E-state index is 0.168. The summed E-state index contributed by atoms with van der Waals surface area (Å²) in [5.41, 5.74) is 0.238. The molecule has 2 N–H and O–H groups in total. The summed E-state index contributed by atoms with van der Waals surface area (Å²) >= 11 is 0. The van der Waals surface area contributed by atoms with Crippen molar-refractivity contribution in [3.63, 3.8) is 0 Å². The minimum Gasteiger partial charge on any atom is -0.459 e. The largest absolute Gasteiger partial charge is 0.459 e. The van der Waals surface area contributed by atoms with Crippen LogP contribution in [-0.2, 0) is 9.53 Å². The number of carbonyl (C=O) groups excluding carboxylic acids is 2. The van der Waals surface area contributed by atoms with Gasteiger partial charge < -0.3 is 19.8 Å². The van der Waals surface area contributed by atoms with E-state index in [0.717, 1.165) is 11.0 Å². The van der Waals surface area contributed by atoms with Crippen molar-refractivity contribution in [2.24, 2.45) is 0 Å². The van der Waals surface area contributed by atoms with E-state index in [1.807, 2.05) is 37.3 Å². The Labute approximate surface area is 141 Å². The lowest BCUT2D eigenvalue weighted by Gasteiger charge is -2.19. The predicted octanol–water partition coefficient (Wildman–Crippen LogP) is 3.52. The highest BCUT2D eigenvalue weighted by molar-refractivity contribution is 5.79. The third-order valence-electron chi connectivity index (χ3n) is 3.27. The number of benzene rings is 1. The van der Waals surface area contributed by atoms with Crippen LogP contribution in [0.1, 0.15) is 45.9 Å². The Morgan fingerprint density at radius 2 is 1.96 bits per heavy atom. The molecule has 0 aliphatic carbocycles. The molecule has 24 heavy (non-hydrogen) atoms. The van der Waals surface area contributed by atoms with Gasteiger partial charge >= 0.3 is 6.09 Å². The molecule has 130 valence electrons. The smallest absolute Gasteiger partial charge is 0.407 e. The summed E-state index contributed by atoms with van der Waals surface area (Å²) in [6.07, 6.45) is -0.357. The summed E-state index contributed by atoms with van der Waals surface area (Å²) in [5, 5.41) is 6.41. The summed E-state index contributed by atoms with van der Waals surface area (Å²) in [7, 11) is 0. The Morgan fingerprint density at radius 1 is 1.25 bits per heavy atom. The zero-order chi connectivity index (χ0) is 17.7. The fourth-order valence-electron chi connectivity index (χ4n) is 2.19. The summed E-state index contributed by atoms with van der Waals surface area (Å²) in [4.78, 5) is 23.5. The number of hydrogen-bond acceptors (Lipinski definition) is 4. The highest BCUT2D eigenvalue weighted by atomic mass is 16.6. The zero-order valence-corrected chi connectivity index (χ0v) is 14.5. The van der Waals surface area contributed by atoms with Gasteiger partial charge in [0.1, 0.15) is 16.9 Å². The molecule has 0 radical (unpaired) electrons. The summed E-state index contributed by atoms with van der Waals surface area (Å²) < 4.78 is 10.8. The second-order valence-electron chi connectivity index (χ2n) is 6.65. The fraction of sp³-hybridized carbons (Fsp3) is 0.444. The van der Waals surface area contributed by atoms with E-state index in [4.69, 9.17) is 9.15 Å². The molecule has 0 aliphatic heterocycles. The van der Waals surface area contributed by atoms with E-state index in [1.54, 1.807) is 20.8 Å². The van der Waals surface area contributed by atoms with Crippen LogP contribution in [-0.4, -0.2) is 24.1 Å². The first kappa shape index (κ1) is 17.8. The molecular formula is C18H24N2O4. The van der Waals surface area contributed by atoms with Crippen molar-refractivity contribution in [3.8, 4) is 0 Å². The second-order valence-corrected chi connectivity index (χ2v) is 6.65. The molecule has 0 saturated carbocycles. The van der Waals surface area contributed by atoms with Gasteiger partial charge in [0.25, 0.3) is 0 Å². The molecule has 0 bridgehead atoms. The average Bonchev–Trinajstić information content (AvgIpc) is 2.89. The number of ether oxygens (including phenoxy) is 1. The van der Waals surface area contributed by atoms with E-state index >= 15 is 0 Å². The van der Waals surface area contributed by atoms with Crippen molar-refractivity contribution in [1.29, 1.82) is 0 Å².